The number of carbonyl (C=O) groups excluding carboxylic acids is 1. The van der Waals surface area contributed by atoms with Gasteiger partial charge in [0.1, 0.15) is 5.75 Å². The van der Waals surface area contributed by atoms with Crippen LogP contribution < -0.4 is 14.5 Å². The molecule has 4 aromatic rings. The lowest BCUT2D eigenvalue weighted by Crippen LogP contribution is -2.40. The molecule has 0 radical (unpaired) electrons. The number of anilines is 3. The number of para-hydroxylation sites is 1. The molecule has 3 aromatic carbocycles. The predicted octanol–water partition coefficient (Wildman–Crippen LogP) is 6.58. The first-order chi connectivity index (χ1) is 16.4. The Balaban J connectivity index is 1.65. The van der Waals surface area contributed by atoms with Crippen LogP contribution in [0.1, 0.15) is 11.1 Å². The van der Waals surface area contributed by atoms with Crippen molar-refractivity contribution in [1.29, 1.82) is 0 Å². The molecule has 0 saturated carbocycles. The number of methoxy groups -OCH3 is 1. The van der Waals surface area contributed by atoms with Gasteiger partial charge in [0.15, 0.2) is 0 Å². The summed E-state index contributed by atoms with van der Waals surface area (Å²) in [5.74, 6) is -0.251. The Kier molecular flexibility index (Phi) is 5.36. The molecule has 34 heavy (non-hydrogen) atoms. The molecule has 1 aliphatic heterocycles. The summed E-state index contributed by atoms with van der Waals surface area (Å²) in [6, 6.07) is 18.5. The molecule has 0 fully saturated rings. The van der Waals surface area contributed by atoms with Crippen molar-refractivity contribution < 1.29 is 22.7 Å². The average molecular weight is 463 g/mol. The predicted molar refractivity (Wildman–Crippen MR) is 125 cm³/mol. The largest absolute Gasteiger partial charge is 0.496 e. The third-order valence-electron chi connectivity index (χ3n) is 5.93. The molecule has 0 atom stereocenters. The van der Waals surface area contributed by atoms with Crippen LogP contribution in [0.15, 0.2) is 79.1 Å². The van der Waals surface area contributed by atoms with Crippen LogP contribution in [-0.2, 0) is 12.6 Å². The van der Waals surface area contributed by atoms with E-state index in [4.69, 9.17) is 4.74 Å². The SMILES string of the molecule is COc1cc2c(cc1C(F)(F)F)N(C(=O)N(c1ccccc1)c1cncc3ccccc13)CC2. The molecular formula is C26H20F3N3O2. The number of rotatable bonds is 3. The monoisotopic (exact) mass is 463 g/mol. The van der Waals surface area contributed by atoms with Crippen LogP contribution in [0.25, 0.3) is 10.8 Å². The quantitative estimate of drug-likeness (QED) is 0.345. The van der Waals surface area contributed by atoms with E-state index in [0.717, 1.165) is 16.8 Å². The normalized spacial score (nSPS) is 13.1. The Morgan fingerprint density at radius 1 is 1.03 bits per heavy atom. The third kappa shape index (κ3) is 3.71. The highest BCUT2D eigenvalue weighted by molar-refractivity contribution is 6.13. The highest BCUT2D eigenvalue weighted by atomic mass is 19.4. The molecule has 0 spiro atoms. The van der Waals surface area contributed by atoms with E-state index in [0.29, 0.717) is 23.4 Å². The Hall–Kier alpha value is -4.07. The summed E-state index contributed by atoms with van der Waals surface area (Å²) in [5, 5.41) is 1.65. The van der Waals surface area contributed by atoms with Crippen molar-refractivity contribution in [1.82, 2.24) is 4.98 Å². The molecule has 0 aliphatic carbocycles. The van der Waals surface area contributed by atoms with E-state index in [-0.39, 0.29) is 18.0 Å². The zero-order valence-corrected chi connectivity index (χ0v) is 18.2. The number of aromatic nitrogens is 1. The van der Waals surface area contributed by atoms with Crippen LogP contribution in [0.4, 0.5) is 35.0 Å². The Labute approximate surface area is 194 Å². The number of nitrogens with zero attached hydrogens (tertiary/aromatic N) is 3. The van der Waals surface area contributed by atoms with E-state index in [2.05, 4.69) is 4.98 Å². The number of fused-ring (bicyclic) bond motifs is 2. The number of carbonyl (C=O) groups is 1. The molecule has 8 heteroatoms. The maximum absolute atomic E-state index is 14.0. The Bertz CT molecular complexity index is 1370. The molecule has 5 rings (SSSR count). The number of alkyl halides is 3. The van der Waals surface area contributed by atoms with Crippen molar-refractivity contribution in [3.8, 4) is 5.75 Å². The first-order valence-electron chi connectivity index (χ1n) is 10.7. The van der Waals surface area contributed by atoms with Gasteiger partial charge in [-0.05, 0) is 36.2 Å². The molecule has 1 aromatic heterocycles. The van der Waals surface area contributed by atoms with Crippen LogP contribution in [-0.4, -0.2) is 24.7 Å². The zero-order chi connectivity index (χ0) is 23.9. The van der Waals surface area contributed by atoms with E-state index in [1.54, 1.807) is 36.7 Å². The number of hydrogen-bond acceptors (Lipinski definition) is 3. The summed E-state index contributed by atoms with van der Waals surface area (Å²) < 4.78 is 46.1. The molecule has 0 N–H and O–H groups in total. The van der Waals surface area contributed by atoms with Gasteiger partial charge in [0.05, 0.1) is 30.2 Å². The lowest BCUT2D eigenvalue weighted by Gasteiger charge is -2.29. The van der Waals surface area contributed by atoms with Gasteiger partial charge in [-0.2, -0.15) is 13.2 Å². The van der Waals surface area contributed by atoms with Crippen molar-refractivity contribution in [3.05, 3.63) is 90.3 Å². The molecule has 1 aliphatic rings. The fourth-order valence-electron chi connectivity index (χ4n) is 4.33. The number of hydrogen-bond donors (Lipinski definition) is 0. The smallest absolute Gasteiger partial charge is 0.420 e. The maximum atomic E-state index is 14.0. The van der Waals surface area contributed by atoms with E-state index in [1.807, 2.05) is 30.3 Å². The summed E-state index contributed by atoms with van der Waals surface area (Å²) in [6.07, 6.45) is -0.888. The molecule has 2 heterocycles. The van der Waals surface area contributed by atoms with Gasteiger partial charge in [0.25, 0.3) is 0 Å². The Morgan fingerprint density at radius 2 is 1.76 bits per heavy atom. The van der Waals surface area contributed by atoms with Gasteiger partial charge >= 0.3 is 12.2 Å². The molecule has 0 saturated heterocycles. The number of amides is 2. The van der Waals surface area contributed by atoms with E-state index in [1.165, 1.54) is 23.0 Å². The van der Waals surface area contributed by atoms with Crippen LogP contribution in [0.3, 0.4) is 0 Å². The van der Waals surface area contributed by atoms with Crippen LogP contribution in [0.5, 0.6) is 5.75 Å². The summed E-state index contributed by atoms with van der Waals surface area (Å²) >= 11 is 0. The van der Waals surface area contributed by atoms with E-state index >= 15 is 0 Å². The van der Waals surface area contributed by atoms with E-state index in [9.17, 15) is 18.0 Å². The first-order valence-corrected chi connectivity index (χ1v) is 10.7. The van der Waals surface area contributed by atoms with Gasteiger partial charge < -0.3 is 4.74 Å². The molecular weight excluding hydrogens is 443 g/mol. The van der Waals surface area contributed by atoms with Gasteiger partial charge in [-0.15, -0.1) is 0 Å². The molecule has 0 bridgehead atoms. The van der Waals surface area contributed by atoms with Crippen molar-refractivity contribution in [3.63, 3.8) is 0 Å². The fraction of sp³-hybridized carbons (Fsp3) is 0.154. The first kappa shape index (κ1) is 21.8. The fourth-order valence-corrected chi connectivity index (χ4v) is 4.33. The summed E-state index contributed by atoms with van der Waals surface area (Å²) in [7, 11) is 1.21. The zero-order valence-electron chi connectivity index (χ0n) is 18.2. The molecule has 172 valence electrons. The third-order valence-corrected chi connectivity index (χ3v) is 5.93. The minimum Gasteiger partial charge on any atom is -0.496 e. The number of ether oxygens (including phenoxy) is 1. The topological polar surface area (TPSA) is 45.7 Å². The van der Waals surface area contributed by atoms with Crippen molar-refractivity contribution in [2.75, 3.05) is 23.5 Å². The second kappa shape index (κ2) is 8.37. The van der Waals surface area contributed by atoms with Crippen molar-refractivity contribution in [2.24, 2.45) is 0 Å². The summed E-state index contributed by atoms with van der Waals surface area (Å²) in [5.41, 5.74) is 1.08. The van der Waals surface area contributed by atoms with Gasteiger partial charge in [-0.3, -0.25) is 14.8 Å². The second-order valence-corrected chi connectivity index (χ2v) is 7.91. The van der Waals surface area contributed by atoms with Crippen LogP contribution in [0.2, 0.25) is 0 Å². The van der Waals surface area contributed by atoms with Crippen LogP contribution in [0, 0.1) is 0 Å². The average Bonchev–Trinajstić information content (AvgIpc) is 3.26. The highest BCUT2D eigenvalue weighted by Crippen LogP contribution is 2.43. The highest BCUT2D eigenvalue weighted by Gasteiger charge is 2.38. The maximum Gasteiger partial charge on any atom is 0.420 e. The number of halogens is 3. The van der Waals surface area contributed by atoms with Crippen LogP contribution >= 0.6 is 0 Å². The standard InChI is InChI=1S/C26H20F3N3O2/c1-34-24-13-17-11-12-31(22(17)14-21(24)26(27,28)29)25(33)32(19-8-3-2-4-9-19)23-16-30-15-18-7-5-6-10-20(18)23/h2-10,13-16H,11-12H2,1H3. The van der Waals surface area contributed by atoms with Gasteiger partial charge in [0.2, 0.25) is 0 Å². The summed E-state index contributed by atoms with van der Waals surface area (Å²) in [6.45, 7) is 0.250. The van der Waals surface area contributed by atoms with E-state index < -0.39 is 17.8 Å². The lowest BCUT2D eigenvalue weighted by atomic mass is 10.1. The van der Waals surface area contributed by atoms with Crippen molar-refractivity contribution >= 4 is 33.9 Å². The van der Waals surface area contributed by atoms with Gasteiger partial charge in [0, 0.05) is 29.2 Å². The van der Waals surface area contributed by atoms with Gasteiger partial charge in [-0.1, -0.05) is 42.5 Å². The number of pyridine rings is 1. The number of urea groups is 1. The molecule has 2 amide bonds. The Morgan fingerprint density at radius 3 is 2.50 bits per heavy atom. The minimum absolute atomic E-state index is 0.229. The van der Waals surface area contributed by atoms with Gasteiger partial charge in [-0.25, -0.2) is 4.79 Å². The second-order valence-electron chi connectivity index (χ2n) is 7.91. The molecule has 0 unspecified atom stereocenters. The minimum atomic E-state index is -4.61. The summed E-state index contributed by atoms with van der Waals surface area (Å²) in [4.78, 5) is 21.2. The van der Waals surface area contributed by atoms with Crippen molar-refractivity contribution in [2.45, 2.75) is 12.6 Å². The lowest BCUT2D eigenvalue weighted by molar-refractivity contribution is -0.138. The number of benzene rings is 3. The molecule has 5 nitrogen and oxygen atoms in total.